The molecule has 0 saturated carbocycles. The lowest BCUT2D eigenvalue weighted by Gasteiger charge is -2.24. The summed E-state index contributed by atoms with van der Waals surface area (Å²) in [6, 6.07) is 16.3. The summed E-state index contributed by atoms with van der Waals surface area (Å²) in [7, 11) is 1.84. The van der Waals surface area contributed by atoms with E-state index in [-0.39, 0.29) is 30.2 Å². The Labute approximate surface area is 159 Å². The van der Waals surface area contributed by atoms with Gasteiger partial charge in [0.05, 0.1) is 12.6 Å². The number of amides is 1. The first-order chi connectivity index (χ1) is 12.8. The van der Waals surface area contributed by atoms with Gasteiger partial charge in [-0.15, -0.1) is 0 Å². The van der Waals surface area contributed by atoms with E-state index in [1.165, 1.54) is 12.1 Å². The molecule has 146 valence electrons. The molecule has 1 unspecified atom stereocenters. The number of carbonyl (C=O) groups excluding carboxylic acids is 1. The summed E-state index contributed by atoms with van der Waals surface area (Å²) >= 11 is 0. The number of hydrogen-bond donors (Lipinski definition) is 1. The molecule has 0 spiro atoms. The zero-order valence-corrected chi connectivity index (χ0v) is 15.9. The summed E-state index contributed by atoms with van der Waals surface area (Å²) in [6.07, 6.45) is 0. The molecule has 0 heterocycles. The van der Waals surface area contributed by atoms with Crippen molar-refractivity contribution in [3.8, 4) is 5.75 Å². The Morgan fingerprint density at radius 3 is 2.26 bits per heavy atom. The molecule has 27 heavy (non-hydrogen) atoms. The van der Waals surface area contributed by atoms with Crippen LogP contribution in [0.2, 0.25) is 0 Å². The van der Waals surface area contributed by atoms with Crippen LogP contribution in [0, 0.1) is 5.92 Å². The van der Waals surface area contributed by atoms with Gasteiger partial charge in [0.2, 0.25) is 5.91 Å². The molecule has 0 aromatic heterocycles. The van der Waals surface area contributed by atoms with Crippen molar-refractivity contribution < 1.29 is 18.3 Å². The van der Waals surface area contributed by atoms with Crippen LogP contribution in [0.3, 0.4) is 0 Å². The van der Waals surface area contributed by atoms with Gasteiger partial charge < -0.3 is 10.1 Å². The van der Waals surface area contributed by atoms with Crippen molar-refractivity contribution in [2.45, 2.75) is 33.0 Å². The predicted octanol–water partition coefficient (Wildman–Crippen LogP) is 4.23. The molecule has 6 heteroatoms. The smallest absolute Gasteiger partial charge is 0.387 e. The number of carbonyl (C=O) groups is 1. The molecule has 0 radical (unpaired) electrons. The van der Waals surface area contributed by atoms with Crippen LogP contribution in [0.5, 0.6) is 5.75 Å². The molecule has 0 aliphatic rings. The van der Waals surface area contributed by atoms with E-state index in [2.05, 4.69) is 23.9 Å². The number of nitrogens with one attached hydrogen (secondary N) is 1. The van der Waals surface area contributed by atoms with Crippen LogP contribution in [-0.2, 0) is 11.3 Å². The molecule has 2 aromatic rings. The first-order valence-electron chi connectivity index (χ1n) is 8.91. The maximum atomic E-state index is 12.5. The highest BCUT2D eigenvalue weighted by Gasteiger charge is 2.18. The minimum atomic E-state index is -2.83. The lowest BCUT2D eigenvalue weighted by molar-refractivity contribution is -0.123. The van der Waals surface area contributed by atoms with Crippen molar-refractivity contribution >= 4 is 5.91 Å². The molecule has 4 nitrogen and oxygen atoms in total. The van der Waals surface area contributed by atoms with Crippen LogP contribution in [0.1, 0.15) is 31.0 Å². The summed E-state index contributed by atoms with van der Waals surface area (Å²) < 4.78 is 28.7. The van der Waals surface area contributed by atoms with Crippen LogP contribution in [-0.4, -0.2) is 31.0 Å². The summed E-state index contributed by atoms with van der Waals surface area (Å²) in [5.74, 6) is 0.332. The number of nitrogens with zero attached hydrogens (tertiary/aromatic N) is 1. The largest absolute Gasteiger partial charge is 0.435 e. The molecule has 2 rings (SSSR count). The average molecular weight is 376 g/mol. The number of alkyl halides is 2. The normalized spacial score (nSPS) is 12.4. The van der Waals surface area contributed by atoms with Gasteiger partial charge in [0.25, 0.3) is 0 Å². The molecule has 1 amide bonds. The zero-order chi connectivity index (χ0) is 19.8. The number of hydrogen-bond acceptors (Lipinski definition) is 3. The van der Waals surface area contributed by atoms with Crippen LogP contribution in [0.15, 0.2) is 54.6 Å². The summed E-state index contributed by atoms with van der Waals surface area (Å²) in [4.78, 5) is 14.3. The first-order valence-corrected chi connectivity index (χ1v) is 8.91. The Balaban J connectivity index is 1.89. The molecule has 0 bridgehead atoms. The Morgan fingerprint density at radius 2 is 1.70 bits per heavy atom. The second-order valence-corrected chi connectivity index (χ2v) is 6.89. The fourth-order valence-corrected chi connectivity index (χ4v) is 2.90. The Morgan fingerprint density at radius 1 is 1.07 bits per heavy atom. The Kier molecular flexibility index (Phi) is 7.73. The van der Waals surface area contributed by atoms with Crippen molar-refractivity contribution in [1.29, 1.82) is 0 Å². The minimum Gasteiger partial charge on any atom is -0.435 e. The standard InChI is InChI=1S/C21H26F2N2O2/c1-15(2)20(17-7-5-4-6-8-17)24-19(26)14-25(3)13-16-9-11-18(12-10-16)27-21(22)23/h4-12,15,20-21H,13-14H2,1-3H3,(H,24,26). The van der Waals surface area contributed by atoms with Gasteiger partial charge in [0.15, 0.2) is 0 Å². The van der Waals surface area contributed by atoms with E-state index in [0.717, 1.165) is 11.1 Å². The quantitative estimate of drug-likeness (QED) is 0.712. The number of halogens is 2. The van der Waals surface area contributed by atoms with Crippen LogP contribution >= 0.6 is 0 Å². The maximum Gasteiger partial charge on any atom is 0.387 e. The number of benzene rings is 2. The van der Waals surface area contributed by atoms with Crippen molar-refractivity contribution in [3.63, 3.8) is 0 Å². The van der Waals surface area contributed by atoms with Gasteiger partial charge in [0, 0.05) is 6.54 Å². The first kappa shape index (κ1) is 20.8. The number of rotatable bonds is 9. The van der Waals surface area contributed by atoms with Gasteiger partial charge >= 0.3 is 6.61 Å². The Hall–Kier alpha value is -2.47. The van der Waals surface area contributed by atoms with Crippen LogP contribution in [0.25, 0.3) is 0 Å². The minimum absolute atomic E-state index is 0.0436. The molecular formula is C21H26F2N2O2. The maximum absolute atomic E-state index is 12.5. The van der Waals surface area contributed by atoms with Gasteiger partial charge in [-0.3, -0.25) is 9.69 Å². The van der Waals surface area contributed by atoms with E-state index < -0.39 is 6.61 Å². The monoisotopic (exact) mass is 376 g/mol. The molecule has 0 saturated heterocycles. The fraction of sp³-hybridized carbons (Fsp3) is 0.381. The SMILES string of the molecule is CC(C)C(NC(=O)CN(C)Cc1ccc(OC(F)F)cc1)c1ccccc1. The predicted molar refractivity (Wildman–Crippen MR) is 102 cm³/mol. The van der Waals surface area contributed by atoms with Gasteiger partial charge in [-0.2, -0.15) is 8.78 Å². The third kappa shape index (κ3) is 6.98. The number of ether oxygens (including phenoxy) is 1. The Bertz CT molecular complexity index is 706. The molecule has 1 atom stereocenters. The van der Waals surface area contributed by atoms with Gasteiger partial charge in [-0.1, -0.05) is 56.3 Å². The molecule has 2 aromatic carbocycles. The highest BCUT2D eigenvalue weighted by atomic mass is 19.3. The van der Waals surface area contributed by atoms with Crippen molar-refractivity contribution in [2.24, 2.45) is 5.92 Å². The molecule has 0 aliphatic carbocycles. The summed E-state index contributed by atoms with van der Waals surface area (Å²) in [5, 5.41) is 3.10. The van der Waals surface area contributed by atoms with E-state index in [1.54, 1.807) is 12.1 Å². The van der Waals surface area contributed by atoms with Crippen molar-refractivity contribution in [1.82, 2.24) is 10.2 Å². The summed E-state index contributed by atoms with van der Waals surface area (Å²) in [6.45, 7) is 2.08. The fourth-order valence-electron chi connectivity index (χ4n) is 2.90. The summed E-state index contributed by atoms with van der Waals surface area (Å²) in [5.41, 5.74) is 1.99. The van der Waals surface area contributed by atoms with Crippen LogP contribution < -0.4 is 10.1 Å². The lowest BCUT2D eigenvalue weighted by atomic mass is 9.96. The average Bonchev–Trinajstić information content (AvgIpc) is 2.61. The van der Waals surface area contributed by atoms with E-state index in [4.69, 9.17) is 0 Å². The van der Waals surface area contributed by atoms with Crippen molar-refractivity contribution in [3.05, 3.63) is 65.7 Å². The van der Waals surface area contributed by atoms with Crippen LogP contribution in [0.4, 0.5) is 8.78 Å². The van der Waals surface area contributed by atoms with Crippen molar-refractivity contribution in [2.75, 3.05) is 13.6 Å². The highest BCUT2D eigenvalue weighted by molar-refractivity contribution is 5.78. The third-order valence-corrected chi connectivity index (χ3v) is 4.16. The second-order valence-electron chi connectivity index (χ2n) is 6.89. The molecule has 0 fully saturated rings. The second kappa shape index (κ2) is 10.0. The van der Waals surface area contributed by atoms with E-state index >= 15 is 0 Å². The van der Waals surface area contributed by atoms with E-state index in [1.807, 2.05) is 42.3 Å². The zero-order valence-electron chi connectivity index (χ0n) is 15.9. The molecule has 0 aliphatic heterocycles. The van der Waals surface area contributed by atoms with Gasteiger partial charge in [-0.05, 0) is 36.2 Å². The topological polar surface area (TPSA) is 41.6 Å². The molecule has 1 N–H and O–H groups in total. The highest BCUT2D eigenvalue weighted by Crippen LogP contribution is 2.21. The molecular weight excluding hydrogens is 350 g/mol. The lowest BCUT2D eigenvalue weighted by Crippen LogP contribution is -2.38. The number of likely N-dealkylation sites (N-methyl/N-ethyl adjacent to an activating group) is 1. The van der Waals surface area contributed by atoms with Gasteiger partial charge in [0.1, 0.15) is 5.75 Å². The van der Waals surface area contributed by atoms with Gasteiger partial charge in [-0.25, -0.2) is 0 Å². The third-order valence-electron chi connectivity index (χ3n) is 4.16. The van der Waals surface area contributed by atoms with E-state index in [9.17, 15) is 13.6 Å². The van der Waals surface area contributed by atoms with E-state index in [0.29, 0.717) is 6.54 Å².